The largest absolute Gasteiger partial charge is 0.432 e. The van der Waals surface area contributed by atoms with Crippen LogP contribution in [0.3, 0.4) is 0 Å². The van der Waals surface area contributed by atoms with Crippen LogP contribution in [0.4, 0.5) is 10.5 Å². The number of amides is 2. The van der Waals surface area contributed by atoms with Gasteiger partial charge in [-0.15, -0.1) is 0 Å². The van der Waals surface area contributed by atoms with Gasteiger partial charge in [0, 0.05) is 23.9 Å². The van der Waals surface area contributed by atoms with E-state index >= 15 is 0 Å². The molecule has 4 rings (SSSR count). The van der Waals surface area contributed by atoms with Gasteiger partial charge in [-0.25, -0.2) is 9.69 Å². The molecule has 1 aliphatic carbocycles. The van der Waals surface area contributed by atoms with E-state index in [1.54, 1.807) is 12.1 Å². The summed E-state index contributed by atoms with van der Waals surface area (Å²) in [5.41, 5.74) is -1.52. The summed E-state index contributed by atoms with van der Waals surface area (Å²) in [7, 11) is 0. The minimum Gasteiger partial charge on any atom is -0.432 e. The van der Waals surface area contributed by atoms with E-state index in [1.165, 1.54) is 24.2 Å². The Kier molecular flexibility index (Phi) is 4.98. The number of nitrogens with zero attached hydrogens (tertiary/aromatic N) is 2. The van der Waals surface area contributed by atoms with Crippen molar-refractivity contribution in [2.24, 2.45) is 0 Å². The van der Waals surface area contributed by atoms with Crippen LogP contribution in [0.15, 0.2) is 30.3 Å². The van der Waals surface area contributed by atoms with Gasteiger partial charge in [-0.05, 0) is 52.7 Å². The van der Waals surface area contributed by atoms with Gasteiger partial charge < -0.3 is 4.74 Å². The van der Waals surface area contributed by atoms with E-state index in [4.69, 9.17) is 9.57 Å². The second-order valence-corrected chi connectivity index (χ2v) is 9.98. The number of rotatable bonds is 3. The van der Waals surface area contributed by atoms with Gasteiger partial charge in [0.15, 0.2) is 5.60 Å². The summed E-state index contributed by atoms with van der Waals surface area (Å²) in [4.78, 5) is 33.9. The molecule has 1 aromatic carbocycles. The maximum Gasteiger partial charge on any atom is 0.422 e. The lowest BCUT2D eigenvalue weighted by atomic mass is 9.72. The van der Waals surface area contributed by atoms with Crippen LogP contribution in [0.2, 0.25) is 0 Å². The van der Waals surface area contributed by atoms with Crippen molar-refractivity contribution in [3.8, 4) is 0 Å². The molecule has 0 unspecified atom stereocenters. The Hall–Kier alpha value is -1.92. The van der Waals surface area contributed by atoms with Gasteiger partial charge in [0.05, 0.1) is 11.8 Å². The second kappa shape index (κ2) is 7.10. The van der Waals surface area contributed by atoms with Crippen molar-refractivity contribution in [2.45, 2.75) is 95.4 Å². The molecule has 3 fully saturated rings. The fourth-order valence-electron chi connectivity index (χ4n) is 5.59. The molecule has 0 N–H and O–H groups in total. The molecule has 6 heteroatoms. The third-order valence-electron chi connectivity index (χ3n) is 6.42. The third-order valence-corrected chi connectivity index (χ3v) is 6.42. The normalized spacial score (nSPS) is 26.7. The highest BCUT2D eigenvalue weighted by Crippen LogP contribution is 2.49. The van der Waals surface area contributed by atoms with Crippen molar-refractivity contribution in [1.82, 2.24) is 5.06 Å². The molecule has 158 valence electrons. The van der Waals surface area contributed by atoms with Gasteiger partial charge in [-0.1, -0.05) is 37.5 Å². The van der Waals surface area contributed by atoms with Crippen LogP contribution in [0, 0.1) is 0 Å². The fourth-order valence-corrected chi connectivity index (χ4v) is 5.59. The maximum atomic E-state index is 13.5. The second-order valence-electron chi connectivity index (χ2n) is 9.98. The highest BCUT2D eigenvalue weighted by molar-refractivity contribution is 6.20. The molecule has 2 heterocycles. The van der Waals surface area contributed by atoms with Gasteiger partial charge >= 0.3 is 6.09 Å². The lowest BCUT2D eigenvalue weighted by Crippen LogP contribution is -2.67. The predicted molar refractivity (Wildman–Crippen MR) is 110 cm³/mol. The molecular weight excluding hydrogens is 368 g/mol. The first-order chi connectivity index (χ1) is 13.6. The van der Waals surface area contributed by atoms with E-state index in [0.29, 0.717) is 18.5 Å². The number of anilines is 1. The number of hydrogen-bond donors (Lipinski definition) is 0. The molecule has 1 saturated carbocycles. The Morgan fingerprint density at radius 1 is 0.931 bits per heavy atom. The SMILES string of the molecule is CC1(C)CC2(CC(C)(C)N1OC1CCCCC1)OC(=O)N(c1ccccc1)C2=O. The zero-order chi connectivity index (χ0) is 20.9. The zero-order valence-electron chi connectivity index (χ0n) is 17.9. The Morgan fingerprint density at radius 2 is 1.52 bits per heavy atom. The third kappa shape index (κ3) is 3.57. The van der Waals surface area contributed by atoms with Crippen LogP contribution in [0.25, 0.3) is 0 Å². The number of carbonyl (C=O) groups is 2. The van der Waals surface area contributed by atoms with Crippen molar-refractivity contribution in [1.29, 1.82) is 0 Å². The molecule has 2 saturated heterocycles. The summed E-state index contributed by atoms with van der Waals surface area (Å²) in [6.45, 7) is 8.30. The molecule has 0 atom stereocenters. The van der Waals surface area contributed by atoms with Crippen LogP contribution in [-0.2, 0) is 14.4 Å². The quantitative estimate of drug-likeness (QED) is 0.728. The van der Waals surface area contributed by atoms with Gasteiger partial charge in [-0.3, -0.25) is 9.63 Å². The van der Waals surface area contributed by atoms with E-state index in [9.17, 15) is 9.59 Å². The van der Waals surface area contributed by atoms with E-state index in [2.05, 4.69) is 32.8 Å². The first kappa shape index (κ1) is 20.4. The molecule has 2 amide bonds. The minimum atomic E-state index is -1.16. The molecule has 29 heavy (non-hydrogen) atoms. The Labute approximate surface area is 173 Å². The number of benzene rings is 1. The van der Waals surface area contributed by atoms with Crippen molar-refractivity contribution in [3.05, 3.63) is 30.3 Å². The van der Waals surface area contributed by atoms with Crippen LogP contribution < -0.4 is 4.90 Å². The Bertz CT molecular complexity index is 765. The monoisotopic (exact) mass is 400 g/mol. The number of piperidine rings is 1. The van der Waals surface area contributed by atoms with Crippen LogP contribution in [0.1, 0.15) is 72.6 Å². The molecule has 3 aliphatic rings. The van der Waals surface area contributed by atoms with Gasteiger partial charge in [0.2, 0.25) is 0 Å². The number of hydroxylamine groups is 2. The molecule has 0 aromatic heterocycles. The number of ether oxygens (including phenoxy) is 1. The summed E-state index contributed by atoms with van der Waals surface area (Å²) in [6, 6.07) is 9.01. The maximum absolute atomic E-state index is 13.5. The summed E-state index contributed by atoms with van der Waals surface area (Å²) < 4.78 is 5.83. The topological polar surface area (TPSA) is 59.1 Å². The highest BCUT2D eigenvalue weighted by atomic mass is 16.7. The number of imide groups is 1. The van der Waals surface area contributed by atoms with Gasteiger partial charge in [-0.2, -0.15) is 5.06 Å². The van der Waals surface area contributed by atoms with E-state index in [-0.39, 0.29) is 12.0 Å². The fraction of sp³-hybridized carbons (Fsp3) is 0.652. The summed E-state index contributed by atoms with van der Waals surface area (Å²) >= 11 is 0. The first-order valence-corrected chi connectivity index (χ1v) is 10.7. The molecule has 2 aliphatic heterocycles. The van der Waals surface area contributed by atoms with E-state index in [0.717, 1.165) is 12.8 Å². The van der Waals surface area contributed by atoms with Crippen molar-refractivity contribution in [3.63, 3.8) is 0 Å². The molecule has 0 bridgehead atoms. The zero-order valence-corrected chi connectivity index (χ0v) is 17.9. The predicted octanol–water partition coefficient (Wildman–Crippen LogP) is 4.83. The number of hydrogen-bond acceptors (Lipinski definition) is 5. The van der Waals surface area contributed by atoms with Crippen molar-refractivity contribution >= 4 is 17.7 Å². The summed E-state index contributed by atoms with van der Waals surface area (Å²) in [5, 5.41) is 2.08. The summed E-state index contributed by atoms with van der Waals surface area (Å²) in [5.74, 6) is -0.271. The minimum absolute atomic E-state index is 0.221. The van der Waals surface area contributed by atoms with Crippen LogP contribution >= 0.6 is 0 Å². The number of para-hydroxylation sites is 1. The smallest absolute Gasteiger partial charge is 0.422 e. The first-order valence-electron chi connectivity index (χ1n) is 10.7. The van der Waals surface area contributed by atoms with Gasteiger partial charge in [0.1, 0.15) is 0 Å². The molecular formula is C23H32N2O4. The molecule has 1 aromatic rings. The average Bonchev–Trinajstić information content (AvgIpc) is 2.88. The average molecular weight is 401 g/mol. The van der Waals surface area contributed by atoms with Crippen molar-refractivity contribution < 1.29 is 19.2 Å². The lowest BCUT2D eigenvalue weighted by Gasteiger charge is -2.56. The van der Waals surface area contributed by atoms with E-state index in [1.807, 2.05) is 18.2 Å². The highest BCUT2D eigenvalue weighted by Gasteiger charge is 2.64. The van der Waals surface area contributed by atoms with E-state index < -0.39 is 22.8 Å². The Balaban J connectivity index is 1.61. The molecule has 0 radical (unpaired) electrons. The van der Waals surface area contributed by atoms with Gasteiger partial charge in [0.25, 0.3) is 5.91 Å². The standard InChI is InChI=1S/C23H32N2O4/c1-21(2)15-23(16-22(3,4)25(21)29-18-13-9-6-10-14-18)19(26)24(20(27)28-23)17-11-7-5-8-12-17/h5,7-8,11-12,18H,6,9-10,13-16H2,1-4H3. The summed E-state index contributed by atoms with van der Waals surface area (Å²) in [6.07, 6.45) is 6.27. The lowest BCUT2D eigenvalue weighted by molar-refractivity contribution is -0.323. The Morgan fingerprint density at radius 3 is 2.10 bits per heavy atom. The van der Waals surface area contributed by atoms with Crippen LogP contribution in [-0.4, -0.2) is 39.8 Å². The molecule has 1 spiro atoms. The molecule has 6 nitrogen and oxygen atoms in total. The van der Waals surface area contributed by atoms with Crippen molar-refractivity contribution in [2.75, 3.05) is 4.90 Å². The van der Waals surface area contributed by atoms with Crippen LogP contribution in [0.5, 0.6) is 0 Å². The number of carbonyl (C=O) groups excluding carboxylic acids is 2.